The molecular weight excluding hydrogens is 350 g/mol. The lowest BCUT2D eigenvalue weighted by atomic mass is 10.00. The molecule has 142 valence electrons. The van der Waals surface area contributed by atoms with Crippen molar-refractivity contribution in [2.75, 3.05) is 0 Å². The van der Waals surface area contributed by atoms with E-state index in [2.05, 4.69) is 5.32 Å². The van der Waals surface area contributed by atoms with E-state index in [4.69, 9.17) is 4.74 Å². The first kappa shape index (κ1) is 19.4. The average Bonchev–Trinajstić information content (AvgIpc) is 2.73. The second kappa shape index (κ2) is 9.51. The van der Waals surface area contributed by atoms with Crippen LogP contribution >= 0.6 is 0 Å². The molecule has 28 heavy (non-hydrogen) atoms. The van der Waals surface area contributed by atoms with Crippen molar-refractivity contribution in [3.63, 3.8) is 0 Å². The number of hydrogen-bond donors (Lipinski definition) is 1. The second-order valence-corrected chi connectivity index (χ2v) is 6.57. The molecule has 3 aromatic carbocycles. The number of carbonyl (C=O) groups excluding carboxylic acids is 2. The fourth-order valence-corrected chi connectivity index (χ4v) is 2.90. The van der Waals surface area contributed by atoms with Gasteiger partial charge in [0.25, 0.3) is 5.91 Å². The van der Waals surface area contributed by atoms with Crippen molar-refractivity contribution in [1.29, 1.82) is 0 Å². The Morgan fingerprint density at radius 1 is 0.821 bits per heavy atom. The highest BCUT2D eigenvalue weighted by Crippen LogP contribution is 2.16. The highest BCUT2D eigenvalue weighted by molar-refractivity contribution is 5.93. The summed E-state index contributed by atoms with van der Waals surface area (Å²) in [6.45, 7) is 1.98. The minimum absolute atomic E-state index is 0.322. The van der Waals surface area contributed by atoms with Gasteiger partial charge in [-0.15, -0.1) is 0 Å². The molecule has 0 saturated heterocycles. The van der Waals surface area contributed by atoms with Crippen LogP contribution in [-0.2, 0) is 22.5 Å². The molecule has 0 radical (unpaired) electrons. The van der Waals surface area contributed by atoms with Gasteiger partial charge in [0, 0.05) is 6.54 Å². The average molecular weight is 373 g/mol. The third kappa shape index (κ3) is 5.30. The molecule has 0 aliphatic heterocycles. The lowest BCUT2D eigenvalue weighted by Gasteiger charge is -2.15. The first-order valence-electron chi connectivity index (χ1n) is 9.28. The monoisotopic (exact) mass is 373 g/mol. The molecule has 3 aromatic rings. The summed E-state index contributed by atoms with van der Waals surface area (Å²) in [4.78, 5) is 24.9. The number of nitrogens with one attached hydrogen (secondary N) is 1. The van der Waals surface area contributed by atoms with Crippen LogP contribution in [0, 0.1) is 0 Å². The standard InChI is InChI=1S/C24H23NO3/c1-18(23(26)25-17-20-12-6-3-7-13-20)28-24(27)22-15-9-8-14-21(22)16-19-10-4-2-5-11-19/h2-15,18H,16-17H2,1H3,(H,25,26)/t18-/m1/s1. The third-order valence-corrected chi connectivity index (χ3v) is 4.44. The zero-order chi connectivity index (χ0) is 19.8. The molecule has 4 nitrogen and oxygen atoms in total. The number of ether oxygens (including phenoxy) is 1. The molecule has 0 aliphatic carbocycles. The summed E-state index contributed by atoms with van der Waals surface area (Å²) in [5.74, 6) is -0.813. The number of hydrogen-bond acceptors (Lipinski definition) is 3. The largest absolute Gasteiger partial charge is 0.449 e. The van der Waals surface area contributed by atoms with E-state index >= 15 is 0 Å². The summed E-state index contributed by atoms with van der Waals surface area (Å²) in [6, 6.07) is 26.8. The van der Waals surface area contributed by atoms with Crippen LogP contribution in [0.15, 0.2) is 84.9 Å². The summed E-state index contributed by atoms with van der Waals surface area (Å²) in [5, 5.41) is 2.79. The number of esters is 1. The predicted molar refractivity (Wildman–Crippen MR) is 109 cm³/mol. The zero-order valence-corrected chi connectivity index (χ0v) is 15.8. The van der Waals surface area contributed by atoms with Gasteiger partial charge in [-0.25, -0.2) is 4.79 Å². The van der Waals surface area contributed by atoms with Crippen LogP contribution in [0.4, 0.5) is 0 Å². The highest BCUT2D eigenvalue weighted by atomic mass is 16.5. The summed E-state index contributed by atoms with van der Waals surface area (Å²) < 4.78 is 5.41. The molecule has 0 aliphatic rings. The molecule has 1 atom stereocenters. The van der Waals surface area contributed by atoms with Gasteiger partial charge in [-0.3, -0.25) is 4.79 Å². The van der Waals surface area contributed by atoms with E-state index < -0.39 is 12.1 Å². The molecule has 0 saturated carbocycles. The van der Waals surface area contributed by atoms with E-state index in [0.29, 0.717) is 18.5 Å². The van der Waals surface area contributed by atoms with Gasteiger partial charge in [0.1, 0.15) is 0 Å². The Morgan fingerprint density at radius 3 is 2.07 bits per heavy atom. The number of amides is 1. The molecule has 3 rings (SSSR count). The smallest absolute Gasteiger partial charge is 0.339 e. The minimum atomic E-state index is -0.874. The quantitative estimate of drug-likeness (QED) is 0.633. The molecular formula is C24H23NO3. The van der Waals surface area contributed by atoms with Crippen LogP contribution < -0.4 is 5.32 Å². The van der Waals surface area contributed by atoms with E-state index in [0.717, 1.165) is 16.7 Å². The van der Waals surface area contributed by atoms with Crippen LogP contribution in [-0.4, -0.2) is 18.0 Å². The maximum Gasteiger partial charge on any atom is 0.339 e. The van der Waals surface area contributed by atoms with Crippen LogP contribution in [0.1, 0.15) is 34.0 Å². The molecule has 4 heteroatoms. The first-order valence-corrected chi connectivity index (χ1v) is 9.28. The van der Waals surface area contributed by atoms with Crippen molar-refractivity contribution >= 4 is 11.9 Å². The molecule has 0 unspecified atom stereocenters. The summed E-state index contributed by atoms with van der Waals surface area (Å²) in [6.07, 6.45) is -0.248. The van der Waals surface area contributed by atoms with Crippen molar-refractivity contribution < 1.29 is 14.3 Å². The molecule has 1 amide bonds. The van der Waals surface area contributed by atoms with Crippen LogP contribution in [0.2, 0.25) is 0 Å². The fraction of sp³-hybridized carbons (Fsp3) is 0.167. The fourth-order valence-electron chi connectivity index (χ4n) is 2.90. The van der Waals surface area contributed by atoms with Crippen LogP contribution in [0.3, 0.4) is 0 Å². The van der Waals surface area contributed by atoms with Crippen molar-refractivity contribution in [3.05, 3.63) is 107 Å². The van der Waals surface area contributed by atoms with Gasteiger partial charge in [-0.1, -0.05) is 78.9 Å². The Kier molecular flexibility index (Phi) is 6.58. The van der Waals surface area contributed by atoms with Crippen LogP contribution in [0.25, 0.3) is 0 Å². The predicted octanol–water partition coefficient (Wildman–Crippen LogP) is 4.14. The van der Waals surface area contributed by atoms with Crippen molar-refractivity contribution in [3.8, 4) is 0 Å². The zero-order valence-electron chi connectivity index (χ0n) is 15.8. The Hall–Kier alpha value is -3.40. The number of benzene rings is 3. The SMILES string of the molecule is C[C@@H](OC(=O)c1ccccc1Cc1ccccc1)C(=O)NCc1ccccc1. The molecule has 0 aromatic heterocycles. The Morgan fingerprint density at radius 2 is 1.39 bits per heavy atom. The maximum atomic E-state index is 12.6. The van der Waals surface area contributed by atoms with E-state index in [1.807, 2.05) is 72.8 Å². The third-order valence-electron chi connectivity index (χ3n) is 4.44. The molecule has 0 heterocycles. The molecule has 1 N–H and O–H groups in total. The van der Waals surface area contributed by atoms with Gasteiger partial charge in [-0.05, 0) is 36.1 Å². The van der Waals surface area contributed by atoms with Gasteiger partial charge < -0.3 is 10.1 Å². The Labute approximate surface area is 165 Å². The summed E-state index contributed by atoms with van der Waals surface area (Å²) in [5.41, 5.74) is 3.45. The Bertz CT molecular complexity index is 923. The normalized spacial score (nSPS) is 11.5. The summed E-state index contributed by atoms with van der Waals surface area (Å²) in [7, 11) is 0. The molecule has 0 bridgehead atoms. The number of carbonyl (C=O) groups is 2. The van der Waals surface area contributed by atoms with E-state index in [9.17, 15) is 9.59 Å². The van der Waals surface area contributed by atoms with Gasteiger partial charge in [0.05, 0.1) is 5.56 Å². The first-order chi connectivity index (χ1) is 13.6. The van der Waals surface area contributed by atoms with Crippen molar-refractivity contribution in [2.24, 2.45) is 0 Å². The van der Waals surface area contributed by atoms with Gasteiger partial charge >= 0.3 is 5.97 Å². The lowest BCUT2D eigenvalue weighted by Crippen LogP contribution is -2.35. The molecule has 0 spiro atoms. The second-order valence-electron chi connectivity index (χ2n) is 6.57. The molecule has 0 fully saturated rings. The topological polar surface area (TPSA) is 55.4 Å². The van der Waals surface area contributed by atoms with Crippen molar-refractivity contribution in [2.45, 2.75) is 26.0 Å². The highest BCUT2D eigenvalue weighted by Gasteiger charge is 2.20. The van der Waals surface area contributed by atoms with E-state index in [1.165, 1.54) is 0 Å². The maximum absolute atomic E-state index is 12.6. The van der Waals surface area contributed by atoms with Crippen LogP contribution in [0.5, 0.6) is 0 Å². The van der Waals surface area contributed by atoms with E-state index in [1.54, 1.807) is 19.1 Å². The number of rotatable bonds is 7. The van der Waals surface area contributed by atoms with E-state index in [-0.39, 0.29) is 5.91 Å². The van der Waals surface area contributed by atoms with Gasteiger partial charge in [0.15, 0.2) is 6.10 Å². The minimum Gasteiger partial charge on any atom is -0.449 e. The van der Waals surface area contributed by atoms with Crippen molar-refractivity contribution in [1.82, 2.24) is 5.32 Å². The lowest BCUT2D eigenvalue weighted by molar-refractivity contribution is -0.129. The Balaban J connectivity index is 1.61. The van der Waals surface area contributed by atoms with Gasteiger partial charge in [0.2, 0.25) is 0 Å². The summed E-state index contributed by atoms with van der Waals surface area (Å²) >= 11 is 0. The van der Waals surface area contributed by atoms with Gasteiger partial charge in [-0.2, -0.15) is 0 Å².